The number of aryl methyl sites for hydroxylation is 1. The zero-order valence-corrected chi connectivity index (χ0v) is 14.0. The molecule has 2 N–H and O–H groups in total. The number of hydrogen-bond acceptors (Lipinski definition) is 2. The van der Waals surface area contributed by atoms with E-state index in [2.05, 4.69) is 16.4 Å². The summed E-state index contributed by atoms with van der Waals surface area (Å²) in [5.74, 6) is 0.707. The molecular weight excluding hydrogens is 324 g/mol. The van der Waals surface area contributed by atoms with E-state index in [1.165, 1.54) is 0 Å². The molecule has 4 rings (SSSR count). The predicted octanol–water partition coefficient (Wildman–Crippen LogP) is 4.38. The number of hydrogen-bond donors (Lipinski definition) is 2. The van der Waals surface area contributed by atoms with Crippen molar-refractivity contribution in [2.45, 2.75) is 19.4 Å². The van der Waals surface area contributed by atoms with Gasteiger partial charge in [0.1, 0.15) is 11.4 Å². The van der Waals surface area contributed by atoms with Crippen LogP contribution in [0.25, 0.3) is 10.9 Å². The number of H-pyrrole nitrogens is 1. The summed E-state index contributed by atoms with van der Waals surface area (Å²) in [6.07, 6.45) is 0.753. The highest BCUT2D eigenvalue weighted by Gasteiger charge is 2.24. The van der Waals surface area contributed by atoms with Gasteiger partial charge in [-0.25, -0.2) is 0 Å². The maximum absolute atomic E-state index is 12.7. The van der Waals surface area contributed by atoms with Crippen molar-refractivity contribution in [3.63, 3.8) is 0 Å². The Bertz CT molecular complexity index is 932. The number of rotatable bonds is 2. The van der Waals surface area contributed by atoms with Gasteiger partial charge in [0.05, 0.1) is 23.2 Å². The second kappa shape index (κ2) is 5.87. The van der Waals surface area contributed by atoms with Gasteiger partial charge >= 0.3 is 0 Å². The minimum absolute atomic E-state index is 0.0527. The largest absolute Gasteiger partial charge is 0.493 e. The predicted molar refractivity (Wildman–Crippen MR) is 94.8 cm³/mol. The minimum Gasteiger partial charge on any atom is -0.493 e. The zero-order chi connectivity index (χ0) is 16.7. The van der Waals surface area contributed by atoms with E-state index in [-0.39, 0.29) is 11.9 Å². The topological polar surface area (TPSA) is 54.1 Å². The van der Waals surface area contributed by atoms with Gasteiger partial charge in [-0.05, 0) is 25.1 Å². The van der Waals surface area contributed by atoms with E-state index in [9.17, 15) is 4.79 Å². The third-order valence-electron chi connectivity index (χ3n) is 4.36. The number of benzene rings is 2. The maximum atomic E-state index is 12.7. The summed E-state index contributed by atoms with van der Waals surface area (Å²) in [6, 6.07) is 13.4. The Balaban J connectivity index is 1.62. The first-order valence-corrected chi connectivity index (χ1v) is 8.31. The van der Waals surface area contributed by atoms with Crippen molar-refractivity contribution in [2.24, 2.45) is 0 Å². The molecule has 1 aliphatic heterocycles. The molecule has 4 nitrogen and oxygen atoms in total. The first kappa shape index (κ1) is 15.1. The van der Waals surface area contributed by atoms with Gasteiger partial charge in [-0.3, -0.25) is 4.79 Å². The standard InChI is InChI=1S/C19H17ClN2O2/c1-11-5-6-17-13(9-11)15(7-8-24-17)22-19(23)16-10-12-3-2-4-14(20)18(12)21-16/h2-6,9-10,15,21H,7-8H2,1H3,(H,22,23). The average Bonchev–Trinajstić information content (AvgIpc) is 3.01. The van der Waals surface area contributed by atoms with Crippen molar-refractivity contribution in [3.05, 3.63) is 64.3 Å². The Morgan fingerprint density at radius 3 is 3.00 bits per heavy atom. The molecule has 3 aromatic rings. The summed E-state index contributed by atoms with van der Waals surface area (Å²) in [6.45, 7) is 2.63. The Labute approximate surface area is 144 Å². The summed E-state index contributed by atoms with van der Waals surface area (Å²) in [5.41, 5.74) is 3.48. The van der Waals surface area contributed by atoms with E-state index >= 15 is 0 Å². The smallest absolute Gasteiger partial charge is 0.268 e. The van der Waals surface area contributed by atoms with Crippen LogP contribution in [-0.2, 0) is 0 Å². The number of amides is 1. The Morgan fingerprint density at radius 1 is 1.29 bits per heavy atom. The Morgan fingerprint density at radius 2 is 2.17 bits per heavy atom. The molecule has 1 aliphatic rings. The molecule has 1 unspecified atom stereocenters. The summed E-state index contributed by atoms with van der Waals surface area (Å²) < 4.78 is 5.68. The lowest BCUT2D eigenvalue weighted by atomic mass is 9.98. The van der Waals surface area contributed by atoms with Gasteiger partial charge in [0, 0.05) is 17.4 Å². The number of carbonyl (C=O) groups is 1. The van der Waals surface area contributed by atoms with Gasteiger partial charge in [0.25, 0.3) is 5.91 Å². The SMILES string of the molecule is Cc1ccc2c(c1)C(NC(=O)c1cc3cccc(Cl)c3[nH]1)CCO2. The molecule has 1 amide bonds. The molecule has 5 heteroatoms. The maximum Gasteiger partial charge on any atom is 0.268 e. The van der Waals surface area contributed by atoms with Crippen LogP contribution in [0.3, 0.4) is 0 Å². The molecule has 1 aromatic heterocycles. The van der Waals surface area contributed by atoms with Gasteiger partial charge < -0.3 is 15.0 Å². The monoisotopic (exact) mass is 340 g/mol. The van der Waals surface area contributed by atoms with E-state index in [0.717, 1.165) is 34.2 Å². The number of halogens is 1. The van der Waals surface area contributed by atoms with Crippen molar-refractivity contribution in [1.29, 1.82) is 0 Å². The zero-order valence-electron chi connectivity index (χ0n) is 13.2. The van der Waals surface area contributed by atoms with Gasteiger partial charge in [-0.15, -0.1) is 0 Å². The highest BCUT2D eigenvalue weighted by atomic mass is 35.5. The van der Waals surface area contributed by atoms with Gasteiger partial charge in [-0.1, -0.05) is 41.4 Å². The normalized spacial score (nSPS) is 16.5. The number of ether oxygens (including phenoxy) is 1. The lowest BCUT2D eigenvalue weighted by molar-refractivity contribution is 0.0920. The van der Waals surface area contributed by atoms with Crippen molar-refractivity contribution in [2.75, 3.05) is 6.61 Å². The van der Waals surface area contributed by atoms with E-state index in [1.54, 1.807) is 6.07 Å². The fraction of sp³-hybridized carbons (Fsp3) is 0.211. The number of aromatic nitrogens is 1. The minimum atomic E-state index is -0.137. The van der Waals surface area contributed by atoms with Crippen LogP contribution in [0.2, 0.25) is 5.02 Å². The second-order valence-electron chi connectivity index (χ2n) is 6.09. The van der Waals surface area contributed by atoms with Gasteiger partial charge in [-0.2, -0.15) is 0 Å². The van der Waals surface area contributed by atoms with E-state index in [4.69, 9.17) is 16.3 Å². The van der Waals surface area contributed by atoms with Crippen molar-refractivity contribution in [1.82, 2.24) is 10.3 Å². The lowest BCUT2D eigenvalue weighted by Gasteiger charge is -2.27. The first-order chi connectivity index (χ1) is 11.6. The molecule has 1 atom stereocenters. The molecule has 0 saturated carbocycles. The van der Waals surface area contributed by atoms with Crippen LogP contribution >= 0.6 is 11.6 Å². The number of aromatic amines is 1. The Kier molecular flexibility index (Phi) is 3.69. The molecule has 0 saturated heterocycles. The van der Waals surface area contributed by atoms with E-state index in [0.29, 0.717) is 17.3 Å². The van der Waals surface area contributed by atoms with E-state index in [1.807, 2.05) is 37.3 Å². The van der Waals surface area contributed by atoms with Crippen LogP contribution in [0.4, 0.5) is 0 Å². The summed E-state index contributed by atoms with van der Waals surface area (Å²) in [5, 5.41) is 4.64. The van der Waals surface area contributed by atoms with Crippen LogP contribution in [0.5, 0.6) is 5.75 Å². The number of nitrogens with one attached hydrogen (secondary N) is 2. The highest BCUT2D eigenvalue weighted by Crippen LogP contribution is 2.33. The average molecular weight is 341 g/mol. The molecule has 0 aliphatic carbocycles. The van der Waals surface area contributed by atoms with Crippen LogP contribution in [-0.4, -0.2) is 17.5 Å². The van der Waals surface area contributed by atoms with Gasteiger partial charge in [0.15, 0.2) is 0 Å². The molecular formula is C19H17ClN2O2. The fourth-order valence-corrected chi connectivity index (χ4v) is 3.37. The van der Waals surface area contributed by atoms with Crippen molar-refractivity contribution < 1.29 is 9.53 Å². The molecule has 0 bridgehead atoms. The third kappa shape index (κ3) is 2.63. The summed E-state index contributed by atoms with van der Waals surface area (Å²) in [7, 11) is 0. The molecule has 0 spiro atoms. The third-order valence-corrected chi connectivity index (χ3v) is 4.68. The molecule has 2 aromatic carbocycles. The number of fused-ring (bicyclic) bond motifs is 2. The second-order valence-corrected chi connectivity index (χ2v) is 6.50. The van der Waals surface area contributed by atoms with Crippen LogP contribution in [0.15, 0.2) is 42.5 Å². The molecule has 24 heavy (non-hydrogen) atoms. The van der Waals surface area contributed by atoms with Crippen molar-refractivity contribution in [3.8, 4) is 5.75 Å². The number of para-hydroxylation sites is 1. The quantitative estimate of drug-likeness (QED) is 0.727. The summed E-state index contributed by atoms with van der Waals surface area (Å²) >= 11 is 6.17. The molecule has 2 heterocycles. The Hall–Kier alpha value is -2.46. The molecule has 0 fully saturated rings. The summed E-state index contributed by atoms with van der Waals surface area (Å²) in [4.78, 5) is 15.8. The van der Waals surface area contributed by atoms with E-state index < -0.39 is 0 Å². The molecule has 0 radical (unpaired) electrons. The van der Waals surface area contributed by atoms with Crippen LogP contribution < -0.4 is 10.1 Å². The van der Waals surface area contributed by atoms with Gasteiger partial charge in [0.2, 0.25) is 0 Å². The lowest BCUT2D eigenvalue weighted by Crippen LogP contribution is -2.32. The number of carbonyl (C=O) groups excluding carboxylic acids is 1. The van der Waals surface area contributed by atoms with Crippen molar-refractivity contribution >= 4 is 28.4 Å². The fourth-order valence-electron chi connectivity index (χ4n) is 3.14. The van der Waals surface area contributed by atoms with Crippen LogP contribution in [0.1, 0.15) is 34.1 Å². The van der Waals surface area contributed by atoms with Crippen LogP contribution in [0, 0.1) is 6.92 Å². The first-order valence-electron chi connectivity index (χ1n) is 7.93. The molecule has 122 valence electrons. The highest BCUT2D eigenvalue weighted by molar-refractivity contribution is 6.35.